The maximum atomic E-state index is 13.1. The normalized spacial score (nSPS) is 13.7. The smallest absolute Gasteiger partial charge is 0.255 e. The Morgan fingerprint density at radius 3 is 2.34 bits per heavy atom. The summed E-state index contributed by atoms with van der Waals surface area (Å²) in [6.07, 6.45) is 2.18. The zero-order chi connectivity index (χ0) is 20.8. The van der Waals surface area contributed by atoms with Gasteiger partial charge in [-0.1, -0.05) is 50.2 Å². The summed E-state index contributed by atoms with van der Waals surface area (Å²) in [6, 6.07) is 16.0. The number of rotatable bonds is 7. The monoisotopic (exact) mass is 410 g/mol. The second-order valence-corrected chi connectivity index (χ2v) is 8.95. The minimum absolute atomic E-state index is 0.0188. The van der Waals surface area contributed by atoms with E-state index >= 15 is 0 Å². The van der Waals surface area contributed by atoms with E-state index in [1.807, 2.05) is 36.2 Å². The van der Waals surface area contributed by atoms with E-state index in [2.05, 4.69) is 38.1 Å². The molecule has 2 aromatic rings. The molecule has 1 fully saturated rings. The lowest BCUT2D eigenvalue weighted by molar-refractivity contribution is -0.127. The number of benzene rings is 2. The number of hydrogen-bond acceptors (Lipinski definition) is 3. The molecule has 3 rings (SSSR count). The first-order valence-corrected chi connectivity index (χ1v) is 11.3. The Balaban J connectivity index is 1.64. The third-order valence-corrected chi connectivity index (χ3v) is 6.40. The highest BCUT2D eigenvalue weighted by atomic mass is 32.2. The fourth-order valence-electron chi connectivity index (χ4n) is 3.53. The van der Waals surface area contributed by atoms with Gasteiger partial charge in [0.05, 0.1) is 11.3 Å². The Kier molecular flexibility index (Phi) is 7.37. The predicted molar refractivity (Wildman–Crippen MR) is 119 cm³/mol. The van der Waals surface area contributed by atoms with Gasteiger partial charge in [0.15, 0.2) is 0 Å². The first-order chi connectivity index (χ1) is 14.0. The Morgan fingerprint density at radius 1 is 1.03 bits per heavy atom. The van der Waals surface area contributed by atoms with Crippen LogP contribution in [-0.4, -0.2) is 47.5 Å². The summed E-state index contributed by atoms with van der Waals surface area (Å²) in [7, 11) is 1.83. The molecule has 1 saturated heterocycles. The van der Waals surface area contributed by atoms with Crippen molar-refractivity contribution < 1.29 is 9.59 Å². The molecule has 0 aliphatic carbocycles. The molecule has 1 aliphatic heterocycles. The number of likely N-dealkylation sites (tertiary alicyclic amines) is 1. The van der Waals surface area contributed by atoms with Gasteiger partial charge < -0.3 is 9.80 Å². The molecule has 0 radical (unpaired) electrons. The number of nitrogens with zero attached hydrogens (tertiary/aromatic N) is 2. The van der Waals surface area contributed by atoms with Crippen molar-refractivity contribution >= 4 is 23.6 Å². The highest BCUT2D eigenvalue weighted by Gasteiger charge is 2.20. The topological polar surface area (TPSA) is 40.6 Å². The molecular weight excluding hydrogens is 380 g/mol. The maximum Gasteiger partial charge on any atom is 0.255 e. The van der Waals surface area contributed by atoms with Crippen LogP contribution < -0.4 is 0 Å². The largest absolute Gasteiger partial charge is 0.342 e. The van der Waals surface area contributed by atoms with Gasteiger partial charge in [0, 0.05) is 31.6 Å². The molecule has 0 saturated carbocycles. The van der Waals surface area contributed by atoms with Crippen molar-refractivity contribution in [2.75, 3.05) is 25.9 Å². The minimum Gasteiger partial charge on any atom is -0.342 e. The second-order valence-electron chi connectivity index (χ2n) is 7.93. The molecule has 1 heterocycles. The summed E-state index contributed by atoms with van der Waals surface area (Å²) in [5, 5.41) is 0. The molecule has 0 atom stereocenters. The average Bonchev–Trinajstić information content (AvgIpc) is 3.27. The van der Waals surface area contributed by atoms with E-state index in [4.69, 9.17) is 0 Å². The van der Waals surface area contributed by atoms with Crippen LogP contribution in [-0.2, 0) is 11.3 Å². The van der Waals surface area contributed by atoms with Gasteiger partial charge in [-0.3, -0.25) is 9.59 Å². The highest BCUT2D eigenvalue weighted by molar-refractivity contribution is 8.00. The minimum atomic E-state index is -0.0188. The van der Waals surface area contributed by atoms with Gasteiger partial charge in [-0.25, -0.2) is 0 Å². The average molecular weight is 411 g/mol. The van der Waals surface area contributed by atoms with Crippen molar-refractivity contribution in [3.05, 3.63) is 65.2 Å². The molecule has 4 nitrogen and oxygen atoms in total. The Bertz CT molecular complexity index is 842. The quantitative estimate of drug-likeness (QED) is 0.616. The van der Waals surface area contributed by atoms with Crippen molar-refractivity contribution in [3.8, 4) is 0 Å². The van der Waals surface area contributed by atoms with Crippen molar-refractivity contribution in [2.45, 2.75) is 44.0 Å². The lowest BCUT2D eigenvalue weighted by Crippen LogP contribution is -2.29. The van der Waals surface area contributed by atoms with Gasteiger partial charge >= 0.3 is 0 Å². The molecule has 2 amide bonds. The summed E-state index contributed by atoms with van der Waals surface area (Å²) in [5.41, 5.74) is 3.07. The molecule has 0 N–H and O–H groups in total. The summed E-state index contributed by atoms with van der Waals surface area (Å²) >= 11 is 1.46. The van der Waals surface area contributed by atoms with Gasteiger partial charge in [0.25, 0.3) is 5.91 Å². The number of hydrogen-bond donors (Lipinski definition) is 0. The maximum absolute atomic E-state index is 13.1. The summed E-state index contributed by atoms with van der Waals surface area (Å²) in [5.74, 6) is 1.02. The number of carbonyl (C=O) groups excluding carboxylic acids is 2. The molecular formula is C24H30N2O2S. The van der Waals surface area contributed by atoms with E-state index in [0.29, 0.717) is 23.8 Å². The number of amides is 2. The first kappa shape index (κ1) is 21.4. The number of thioether (sulfide) groups is 1. The van der Waals surface area contributed by atoms with Crippen molar-refractivity contribution in [1.82, 2.24) is 9.80 Å². The zero-order valence-electron chi connectivity index (χ0n) is 17.6. The molecule has 2 aromatic carbocycles. The van der Waals surface area contributed by atoms with E-state index in [1.54, 1.807) is 4.90 Å². The van der Waals surface area contributed by atoms with E-state index < -0.39 is 0 Å². The molecule has 0 aromatic heterocycles. The van der Waals surface area contributed by atoms with Crippen LogP contribution in [0.15, 0.2) is 53.4 Å². The van der Waals surface area contributed by atoms with Crippen LogP contribution in [0.4, 0.5) is 0 Å². The third kappa shape index (κ3) is 5.63. The molecule has 5 heteroatoms. The second kappa shape index (κ2) is 9.97. The van der Waals surface area contributed by atoms with Crippen LogP contribution in [0.3, 0.4) is 0 Å². The van der Waals surface area contributed by atoms with Crippen LogP contribution in [0.2, 0.25) is 0 Å². The van der Waals surface area contributed by atoms with E-state index in [0.717, 1.165) is 36.4 Å². The molecule has 0 spiro atoms. The molecule has 1 aliphatic rings. The van der Waals surface area contributed by atoms with Crippen LogP contribution in [0.25, 0.3) is 0 Å². The Labute approximate surface area is 178 Å². The summed E-state index contributed by atoms with van der Waals surface area (Å²) in [4.78, 5) is 30.0. The van der Waals surface area contributed by atoms with Gasteiger partial charge in [0.2, 0.25) is 5.91 Å². The molecule has 0 unspecified atom stereocenters. The predicted octanol–water partition coefficient (Wildman–Crippen LogP) is 4.80. The van der Waals surface area contributed by atoms with Crippen LogP contribution in [0.5, 0.6) is 0 Å². The van der Waals surface area contributed by atoms with Gasteiger partial charge in [-0.05, 0) is 42.0 Å². The summed E-state index contributed by atoms with van der Waals surface area (Å²) < 4.78 is 0. The van der Waals surface area contributed by atoms with Crippen LogP contribution >= 0.6 is 11.8 Å². The SMILES string of the molecule is CC(C)c1ccc(CN(C)C(=O)c2ccccc2SCC(=O)N2CCCC2)cc1. The van der Waals surface area contributed by atoms with E-state index in [-0.39, 0.29) is 11.8 Å². The third-order valence-electron chi connectivity index (χ3n) is 5.34. The lowest BCUT2D eigenvalue weighted by Gasteiger charge is -2.20. The van der Waals surface area contributed by atoms with Crippen LogP contribution in [0.1, 0.15) is 54.1 Å². The van der Waals surface area contributed by atoms with Crippen LogP contribution in [0, 0.1) is 0 Å². The van der Waals surface area contributed by atoms with E-state index in [9.17, 15) is 9.59 Å². The Hall–Kier alpha value is -2.27. The molecule has 29 heavy (non-hydrogen) atoms. The van der Waals surface area contributed by atoms with Gasteiger partial charge in [0.1, 0.15) is 0 Å². The Morgan fingerprint density at radius 2 is 1.69 bits per heavy atom. The van der Waals surface area contributed by atoms with Gasteiger partial charge in [-0.15, -0.1) is 11.8 Å². The van der Waals surface area contributed by atoms with E-state index in [1.165, 1.54) is 17.3 Å². The van der Waals surface area contributed by atoms with Crippen molar-refractivity contribution in [1.29, 1.82) is 0 Å². The highest BCUT2D eigenvalue weighted by Crippen LogP contribution is 2.25. The van der Waals surface area contributed by atoms with Crippen molar-refractivity contribution in [2.24, 2.45) is 0 Å². The van der Waals surface area contributed by atoms with Gasteiger partial charge in [-0.2, -0.15) is 0 Å². The fourth-order valence-corrected chi connectivity index (χ4v) is 4.47. The fraction of sp³-hybridized carbons (Fsp3) is 0.417. The first-order valence-electron chi connectivity index (χ1n) is 10.3. The van der Waals surface area contributed by atoms with Crippen molar-refractivity contribution in [3.63, 3.8) is 0 Å². The number of carbonyl (C=O) groups is 2. The summed E-state index contributed by atoms with van der Waals surface area (Å²) in [6.45, 7) is 6.63. The standard InChI is InChI=1S/C24H30N2O2S/c1-18(2)20-12-10-19(11-13-20)16-25(3)24(28)21-8-4-5-9-22(21)29-17-23(27)26-14-6-7-15-26/h4-5,8-13,18H,6-7,14-17H2,1-3H3. The molecule has 154 valence electrons. The molecule has 0 bridgehead atoms. The lowest BCUT2D eigenvalue weighted by atomic mass is 10.0. The zero-order valence-corrected chi connectivity index (χ0v) is 18.4.